The molecule has 2 nitrogen and oxygen atoms in total. The Bertz CT molecular complexity index is 397. The summed E-state index contributed by atoms with van der Waals surface area (Å²) in [5, 5.41) is 0. The van der Waals surface area contributed by atoms with Crippen LogP contribution in [0, 0.1) is 0 Å². The number of carbonyl (C=O) groups excluding carboxylic acids is 1. The molecule has 0 heterocycles. The summed E-state index contributed by atoms with van der Waals surface area (Å²) < 4.78 is 6.38. The Morgan fingerprint density at radius 3 is 2.67 bits per heavy atom. The van der Waals surface area contributed by atoms with Gasteiger partial charge in [0.15, 0.2) is 5.78 Å². The SMILES string of the molecule is C=C(C)COc1cc(Br)ccc1C(C)=O. The first-order valence-corrected chi connectivity index (χ1v) is 5.37. The highest BCUT2D eigenvalue weighted by Crippen LogP contribution is 2.24. The fraction of sp³-hybridized carbons (Fsp3) is 0.250. The fourth-order valence-electron chi connectivity index (χ4n) is 1.11. The van der Waals surface area contributed by atoms with Crippen molar-refractivity contribution < 1.29 is 9.53 Å². The van der Waals surface area contributed by atoms with Crippen LogP contribution in [0.25, 0.3) is 0 Å². The number of ether oxygens (including phenoxy) is 1. The minimum atomic E-state index is -0.000727. The highest BCUT2D eigenvalue weighted by Gasteiger charge is 2.08. The van der Waals surface area contributed by atoms with E-state index in [0.717, 1.165) is 10.0 Å². The van der Waals surface area contributed by atoms with Gasteiger partial charge in [-0.3, -0.25) is 4.79 Å². The van der Waals surface area contributed by atoms with E-state index in [1.165, 1.54) is 6.92 Å². The van der Waals surface area contributed by atoms with Crippen LogP contribution in [0.3, 0.4) is 0 Å². The van der Waals surface area contributed by atoms with Gasteiger partial charge in [-0.05, 0) is 37.6 Å². The Hall–Kier alpha value is -1.09. The number of benzene rings is 1. The van der Waals surface area contributed by atoms with Crippen LogP contribution < -0.4 is 4.74 Å². The smallest absolute Gasteiger partial charge is 0.163 e. The lowest BCUT2D eigenvalue weighted by molar-refractivity contribution is 0.101. The van der Waals surface area contributed by atoms with E-state index in [1.807, 2.05) is 13.0 Å². The normalized spacial score (nSPS) is 9.80. The summed E-state index contributed by atoms with van der Waals surface area (Å²) in [6, 6.07) is 5.37. The van der Waals surface area contributed by atoms with Gasteiger partial charge in [-0.15, -0.1) is 0 Å². The van der Waals surface area contributed by atoms with Gasteiger partial charge < -0.3 is 4.74 Å². The van der Waals surface area contributed by atoms with Gasteiger partial charge in [-0.1, -0.05) is 22.5 Å². The number of carbonyl (C=O) groups is 1. The molecular weight excluding hydrogens is 256 g/mol. The molecule has 0 aromatic heterocycles. The van der Waals surface area contributed by atoms with Crippen LogP contribution in [0.15, 0.2) is 34.8 Å². The molecule has 0 radical (unpaired) electrons. The third-order valence-corrected chi connectivity index (χ3v) is 2.29. The van der Waals surface area contributed by atoms with Crippen LogP contribution in [0.5, 0.6) is 5.75 Å². The zero-order chi connectivity index (χ0) is 11.4. The maximum atomic E-state index is 11.3. The molecule has 0 aliphatic carbocycles. The van der Waals surface area contributed by atoms with Gasteiger partial charge in [0, 0.05) is 4.47 Å². The molecule has 0 atom stereocenters. The lowest BCUT2D eigenvalue weighted by Gasteiger charge is -2.09. The molecule has 1 aromatic rings. The summed E-state index contributed by atoms with van der Waals surface area (Å²) in [4.78, 5) is 11.3. The van der Waals surface area contributed by atoms with Crippen molar-refractivity contribution in [3.63, 3.8) is 0 Å². The second-order valence-corrected chi connectivity index (χ2v) is 4.36. The van der Waals surface area contributed by atoms with Crippen LogP contribution in [0.4, 0.5) is 0 Å². The van der Waals surface area contributed by atoms with Gasteiger partial charge in [0.2, 0.25) is 0 Å². The summed E-state index contributed by atoms with van der Waals surface area (Å²) in [5.41, 5.74) is 1.52. The van der Waals surface area contributed by atoms with Crippen LogP contribution >= 0.6 is 15.9 Å². The van der Waals surface area contributed by atoms with Crippen LogP contribution in [-0.2, 0) is 0 Å². The standard InChI is InChI=1S/C12H13BrO2/c1-8(2)7-15-12-6-10(13)4-5-11(12)9(3)14/h4-6H,1,7H2,2-3H3. The Labute approximate surface area is 98.1 Å². The molecule has 1 rings (SSSR count). The molecule has 0 aliphatic rings. The Balaban J connectivity index is 2.96. The zero-order valence-electron chi connectivity index (χ0n) is 8.84. The van der Waals surface area contributed by atoms with E-state index < -0.39 is 0 Å². The minimum absolute atomic E-state index is 0.000727. The minimum Gasteiger partial charge on any atom is -0.488 e. The van der Waals surface area contributed by atoms with Crippen molar-refractivity contribution in [2.24, 2.45) is 0 Å². The summed E-state index contributed by atoms with van der Waals surface area (Å²) in [7, 11) is 0. The number of ketones is 1. The van der Waals surface area contributed by atoms with Crippen molar-refractivity contribution in [3.05, 3.63) is 40.4 Å². The first-order valence-electron chi connectivity index (χ1n) is 4.58. The van der Waals surface area contributed by atoms with Crippen molar-refractivity contribution in [2.75, 3.05) is 6.61 Å². The third kappa shape index (κ3) is 3.51. The number of hydrogen-bond acceptors (Lipinski definition) is 2. The van der Waals surface area contributed by atoms with Crippen molar-refractivity contribution in [1.29, 1.82) is 0 Å². The molecule has 1 aromatic carbocycles. The van der Waals surface area contributed by atoms with Crippen molar-refractivity contribution >= 4 is 21.7 Å². The predicted octanol–water partition coefficient (Wildman–Crippen LogP) is 3.61. The summed E-state index contributed by atoms with van der Waals surface area (Å²) in [6.07, 6.45) is 0. The Kier molecular flexibility index (Phi) is 4.09. The molecule has 0 saturated heterocycles. The van der Waals surface area contributed by atoms with E-state index >= 15 is 0 Å². The third-order valence-electron chi connectivity index (χ3n) is 1.80. The summed E-state index contributed by atoms with van der Waals surface area (Å²) in [6.45, 7) is 7.58. The fourth-order valence-corrected chi connectivity index (χ4v) is 1.45. The number of halogens is 1. The topological polar surface area (TPSA) is 26.3 Å². The average Bonchev–Trinajstić information content (AvgIpc) is 2.14. The molecule has 0 amide bonds. The van der Waals surface area contributed by atoms with Gasteiger partial charge in [-0.25, -0.2) is 0 Å². The highest BCUT2D eigenvalue weighted by atomic mass is 79.9. The van der Waals surface area contributed by atoms with E-state index in [1.54, 1.807) is 12.1 Å². The maximum Gasteiger partial charge on any atom is 0.163 e. The van der Waals surface area contributed by atoms with E-state index in [2.05, 4.69) is 22.5 Å². The van der Waals surface area contributed by atoms with E-state index in [0.29, 0.717) is 17.9 Å². The molecule has 3 heteroatoms. The largest absolute Gasteiger partial charge is 0.488 e. The molecule has 0 bridgehead atoms. The second-order valence-electron chi connectivity index (χ2n) is 3.44. The summed E-state index contributed by atoms with van der Waals surface area (Å²) in [5.74, 6) is 0.596. The Morgan fingerprint density at radius 1 is 1.47 bits per heavy atom. The Morgan fingerprint density at radius 2 is 2.13 bits per heavy atom. The van der Waals surface area contributed by atoms with Gasteiger partial charge in [0.25, 0.3) is 0 Å². The first kappa shape index (κ1) is 12.0. The summed E-state index contributed by atoms with van der Waals surface area (Å²) >= 11 is 3.34. The van der Waals surface area contributed by atoms with E-state index in [9.17, 15) is 4.79 Å². The quantitative estimate of drug-likeness (QED) is 0.616. The number of hydrogen-bond donors (Lipinski definition) is 0. The molecular formula is C12H13BrO2. The maximum absolute atomic E-state index is 11.3. The van der Waals surface area contributed by atoms with Gasteiger partial charge in [0.1, 0.15) is 12.4 Å². The van der Waals surface area contributed by atoms with Crippen LogP contribution in [0.1, 0.15) is 24.2 Å². The van der Waals surface area contributed by atoms with Crippen molar-refractivity contribution in [1.82, 2.24) is 0 Å². The first-order chi connectivity index (χ1) is 7.00. The lowest BCUT2D eigenvalue weighted by Crippen LogP contribution is -2.03. The molecule has 0 spiro atoms. The van der Waals surface area contributed by atoms with Crippen molar-refractivity contribution in [3.8, 4) is 5.75 Å². The van der Waals surface area contributed by atoms with Crippen LogP contribution in [-0.4, -0.2) is 12.4 Å². The van der Waals surface area contributed by atoms with Gasteiger partial charge in [0.05, 0.1) is 5.56 Å². The average molecular weight is 269 g/mol. The molecule has 15 heavy (non-hydrogen) atoms. The number of Topliss-reactive ketones (excluding diaryl/α,β-unsaturated/α-hetero) is 1. The van der Waals surface area contributed by atoms with Crippen LogP contribution in [0.2, 0.25) is 0 Å². The van der Waals surface area contributed by atoms with Gasteiger partial charge >= 0.3 is 0 Å². The molecule has 0 aliphatic heterocycles. The second kappa shape index (κ2) is 5.12. The molecule has 0 unspecified atom stereocenters. The van der Waals surface area contributed by atoms with Crippen molar-refractivity contribution in [2.45, 2.75) is 13.8 Å². The van der Waals surface area contributed by atoms with Gasteiger partial charge in [-0.2, -0.15) is 0 Å². The molecule has 0 fully saturated rings. The zero-order valence-corrected chi connectivity index (χ0v) is 10.4. The monoisotopic (exact) mass is 268 g/mol. The lowest BCUT2D eigenvalue weighted by atomic mass is 10.1. The molecule has 80 valence electrons. The highest BCUT2D eigenvalue weighted by molar-refractivity contribution is 9.10. The number of rotatable bonds is 4. The predicted molar refractivity (Wildman–Crippen MR) is 64.5 cm³/mol. The molecule has 0 N–H and O–H groups in total. The van der Waals surface area contributed by atoms with E-state index in [-0.39, 0.29) is 5.78 Å². The van der Waals surface area contributed by atoms with E-state index in [4.69, 9.17) is 4.74 Å². The molecule has 0 saturated carbocycles.